The summed E-state index contributed by atoms with van der Waals surface area (Å²) in [6.45, 7) is 5.81. The first-order chi connectivity index (χ1) is 15.5. The molecule has 0 radical (unpaired) electrons. The summed E-state index contributed by atoms with van der Waals surface area (Å²) in [6, 6.07) is 12.0. The molecule has 0 atom stereocenters. The first-order valence-corrected chi connectivity index (χ1v) is 12.7. The van der Waals surface area contributed by atoms with Crippen molar-refractivity contribution in [1.82, 2.24) is 4.90 Å². The first-order valence-electron chi connectivity index (χ1n) is 10.3. The van der Waals surface area contributed by atoms with E-state index in [2.05, 4.69) is 48.9 Å². The third-order valence-electron chi connectivity index (χ3n) is 5.06. The lowest BCUT2D eigenvalue weighted by Gasteiger charge is -2.28. The average Bonchev–Trinajstić information content (AvgIpc) is 3.05. The van der Waals surface area contributed by atoms with E-state index in [0.717, 1.165) is 57.9 Å². The predicted molar refractivity (Wildman–Crippen MR) is 138 cm³/mol. The Morgan fingerprint density at radius 1 is 1.16 bits per heavy atom. The van der Waals surface area contributed by atoms with Crippen LogP contribution in [0.3, 0.4) is 0 Å². The number of halogens is 2. The molecule has 2 aliphatic rings. The molecular formula is C23H23Br2N3O3S. The van der Waals surface area contributed by atoms with Crippen molar-refractivity contribution in [1.29, 1.82) is 0 Å². The second-order valence-electron chi connectivity index (χ2n) is 7.23. The van der Waals surface area contributed by atoms with Crippen LogP contribution in [0.1, 0.15) is 12.5 Å². The molecule has 0 aliphatic carbocycles. The van der Waals surface area contributed by atoms with Crippen LogP contribution < -0.4 is 9.64 Å². The molecule has 0 aromatic heterocycles. The van der Waals surface area contributed by atoms with Crippen molar-refractivity contribution in [2.24, 2.45) is 4.99 Å². The number of carbonyl (C=O) groups is 1. The largest absolute Gasteiger partial charge is 0.492 e. The van der Waals surface area contributed by atoms with E-state index in [1.807, 2.05) is 37.3 Å². The standard InChI is InChI=1S/C23H23Br2N3O3S/c1-3-31-21-18(24)12-15(13-19(21)25)14-20-22(29)27(2)23(32-20)26-16-4-6-17(7-5-16)28-8-10-30-11-9-28/h4-7,12-14H,3,8-11H2,1-2H3/b20-14-,26-23?. The SMILES string of the molecule is CCOc1c(Br)cc(/C=C2\SC(=Nc3ccc(N4CCOCC4)cc3)N(C)C2=O)cc1Br. The Morgan fingerprint density at radius 3 is 2.44 bits per heavy atom. The smallest absolute Gasteiger partial charge is 0.266 e. The fraction of sp³-hybridized carbons (Fsp3) is 0.304. The molecule has 4 rings (SSSR count). The van der Waals surface area contributed by atoms with E-state index in [9.17, 15) is 4.79 Å². The number of nitrogens with zero attached hydrogens (tertiary/aromatic N) is 3. The quantitative estimate of drug-likeness (QED) is 0.426. The molecular weight excluding hydrogens is 558 g/mol. The van der Waals surface area contributed by atoms with Crippen LogP contribution in [-0.4, -0.2) is 55.9 Å². The molecule has 168 valence electrons. The van der Waals surface area contributed by atoms with Crippen molar-refractivity contribution in [2.45, 2.75) is 6.92 Å². The topological polar surface area (TPSA) is 54.4 Å². The molecule has 0 saturated carbocycles. The van der Waals surface area contributed by atoms with Gasteiger partial charge in [-0.1, -0.05) is 0 Å². The first kappa shape index (κ1) is 23.4. The normalized spacial score (nSPS) is 19.3. The molecule has 9 heteroatoms. The number of amidine groups is 1. The number of ether oxygens (including phenoxy) is 2. The minimum atomic E-state index is -0.0696. The molecule has 32 heavy (non-hydrogen) atoms. The van der Waals surface area contributed by atoms with Crippen molar-refractivity contribution in [2.75, 3.05) is 44.9 Å². The summed E-state index contributed by atoms with van der Waals surface area (Å²) in [5.74, 6) is 0.680. The second-order valence-corrected chi connectivity index (χ2v) is 9.95. The van der Waals surface area contributed by atoms with Crippen molar-refractivity contribution in [3.63, 3.8) is 0 Å². The van der Waals surface area contributed by atoms with Crippen LogP contribution in [0.15, 0.2) is 55.2 Å². The van der Waals surface area contributed by atoms with Gasteiger partial charge < -0.3 is 14.4 Å². The van der Waals surface area contributed by atoms with Crippen LogP contribution in [0.4, 0.5) is 11.4 Å². The predicted octanol–water partition coefficient (Wildman–Crippen LogP) is 5.68. The fourth-order valence-corrected chi connectivity index (χ4v) is 5.86. The zero-order valence-corrected chi connectivity index (χ0v) is 21.8. The number of benzene rings is 2. The summed E-state index contributed by atoms with van der Waals surface area (Å²) in [7, 11) is 1.75. The van der Waals surface area contributed by atoms with E-state index >= 15 is 0 Å². The number of anilines is 1. The molecule has 2 fully saturated rings. The van der Waals surface area contributed by atoms with Crippen LogP contribution in [0.2, 0.25) is 0 Å². The van der Waals surface area contributed by atoms with Gasteiger partial charge in [0.1, 0.15) is 5.75 Å². The summed E-state index contributed by atoms with van der Waals surface area (Å²) < 4.78 is 12.7. The van der Waals surface area contributed by atoms with Crippen LogP contribution in [0.5, 0.6) is 5.75 Å². The van der Waals surface area contributed by atoms with Crippen molar-refractivity contribution in [3.8, 4) is 5.75 Å². The number of amides is 1. The Balaban J connectivity index is 1.53. The molecule has 1 amide bonds. The molecule has 0 bridgehead atoms. The Kier molecular flexibility index (Phi) is 7.60. The van der Waals surface area contributed by atoms with Gasteiger partial charge in [0.15, 0.2) is 5.17 Å². The van der Waals surface area contributed by atoms with Gasteiger partial charge >= 0.3 is 0 Å². The van der Waals surface area contributed by atoms with Gasteiger partial charge in [-0.2, -0.15) is 0 Å². The van der Waals surface area contributed by atoms with Gasteiger partial charge in [0.2, 0.25) is 0 Å². The molecule has 0 unspecified atom stereocenters. The van der Waals surface area contributed by atoms with Gasteiger partial charge in [-0.15, -0.1) is 0 Å². The van der Waals surface area contributed by atoms with Gasteiger partial charge in [0.25, 0.3) is 5.91 Å². The van der Waals surface area contributed by atoms with Crippen molar-refractivity contribution >= 4 is 72.1 Å². The molecule has 0 spiro atoms. The van der Waals surface area contributed by atoms with Gasteiger partial charge in [-0.05, 0) is 98.6 Å². The van der Waals surface area contributed by atoms with E-state index in [0.29, 0.717) is 16.7 Å². The lowest BCUT2D eigenvalue weighted by molar-refractivity contribution is -0.121. The summed E-state index contributed by atoms with van der Waals surface area (Å²) in [5, 5.41) is 0.657. The fourth-order valence-electron chi connectivity index (χ4n) is 3.42. The number of thioether (sulfide) groups is 1. The van der Waals surface area contributed by atoms with Crippen molar-refractivity contribution < 1.29 is 14.3 Å². The van der Waals surface area contributed by atoms with E-state index < -0.39 is 0 Å². The summed E-state index contributed by atoms with van der Waals surface area (Å²) in [5.41, 5.74) is 2.87. The molecule has 2 saturated heterocycles. The van der Waals surface area contributed by atoms with Gasteiger partial charge in [0, 0.05) is 25.8 Å². The van der Waals surface area contributed by atoms with Gasteiger partial charge in [-0.25, -0.2) is 4.99 Å². The van der Waals surface area contributed by atoms with E-state index in [4.69, 9.17) is 14.5 Å². The maximum Gasteiger partial charge on any atom is 0.266 e. The van der Waals surface area contributed by atoms with Crippen LogP contribution >= 0.6 is 43.6 Å². The second kappa shape index (κ2) is 10.4. The average molecular weight is 581 g/mol. The number of morpholine rings is 1. The highest BCUT2D eigenvalue weighted by molar-refractivity contribution is 9.11. The molecule has 2 aromatic rings. The van der Waals surface area contributed by atoms with Crippen LogP contribution in [0, 0.1) is 0 Å². The summed E-state index contributed by atoms with van der Waals surface area (Å²) in [4.78, 5) is 22.0. The minimum absolute atomic E-state index is 0.0696. The third kappa shape index (κ3) is 5.22. The highest BCUT2D eigenvalue weighted by atomic mass is 79.9. The lowest BCUT2D eigenvalue weighted by atomic mass is 10.2. The number of rotatable bonds is 5. The Bertz CT molecular complexity index is 1040. The van der Waals surface area contributed by atoms with Crippen LogP contribution in [-0.2, 0) is 9.53 Å². The maximum atomic E-state index is 12.8. The molecule has 6 nitrogen and oxygen atoms in total. The Labute approximate surface area is 208 Å². The maximum absolute atomic E-state index is 12.8. The number of carbonyl (C=O) groups excluding carboxylic acids is 1. The number of likely N-dealkylation sites (N-methyl/N-ethyl adjacent to an activating group) is 1. The highest BCUT2D eigenvalue weighted by Crippen LogP contribution is 2.38. The van der Waals surface area contributed by atoms with E-state index in [1.54, 1.807) is 11.9 Å². The summed E-state index contributed by atoms with van der Waals surface area (Å²) >= 11 is 8.46. The zero-order valence-electron chi connectivity index (χ0n) is 17.8. The lowest BCUT2D eigenvalue weighted by Crippen LogP contribution is -2.36. The van der Waals surface area contributed by atoms with Crippen LogP contribution in [0.25, 0.3) is 6.08 Å². The third-order valence-corrected chi connectivity index (χ3v) is 7.30. The molecule has 2 aliphatic heterocycles. The Hall–Kier alpha value is -1.81. The number of hydrogen-bond acceptors (Lipinski definition) is 6. The van der Waals surface area contributed by atoms with E-state index in [-0.39, 0.29) is 5.91 Å². The molecule has 2 aromatic carbocycles. The zero-order chi connectivity index (χ0) is 22.7. The molecule has 0 N–H and O–H groups in total. The van der Waals surface area contributed by atoms with E-state index in [1.165, 1.54) is 11.8 Å². The Morgan fingerprint density at radius 2 is 1.81 bits per heavy atom. The molecule has 2 heterocycles. The van der Waals surface area contributed by atoms with Gasteiger partial charge in [-0.3, -0.25) is 9.69 Å². The minimum Gasteiger partial charge on any atom is -0.492 e. The summed E-state index contributed by atoms with van der Waals surface area (Å²) in [6.07, 6.45) is 1.87. The monoisotopic (exact) mass is 579 g/mol. The highest BCUT2D eigenvalue weighted by Gasteiger charge is 2.30. The number of aliphatic imine (C=N–C) groups is 1. The van der Waals surface area contributed by atoms with Gasteiger partial charge in [0.05, 0.1) is 39.4 Å². The number of hydrogen-bond donors (Lipinski definition) is 0. The van der Waals surface area contributed by atoms with Crippen molar-refractivity contribution in [3.05, 3.63) is 55.8 Å².